The van der Waals surface area contributed by atoms with Crippen molar-refractivity contribution >= 4 is 35.1 Å². The van der Waals surface area contributed by atoms with Gasteiger partial charge in [-0.25, -0.2) is 0 Å². The fourth-order valence-electron chi connectivity index (χ4n) is 2.69. The van der Waals surface area contributed by atoms with Crippen LogP contribution in [0.4, 0.5) is 5.69 Å². The van der Waals surface area contributed by atoms with Gasteiger partial charge >= 0.3 is 0 Å². The summed E-state index contributed by atoms with van der Waals surface area (Å²) in [5, 5.41) is 10.8. The third-order valence-corrected chi connectivity index (χ3v) is 4.80. The number of pyridine rings is 1. The van der Waals surface area contributed by atoms with Crippen LogP contribution in [0.5, 0.6) is 0 Å². The van der Waals surface area contributed by atoms with E-state index in [0.29, 0.717) is 18.1 Å². The molecule has 7 heteroatoms. The first-order chi connectivity index (χ1) is 14.3. The molecule has 1 amide bonds. The normalized spacial score (nSPS) is 11.0. The van der Waals surface area contributed by atoms with E-state index in [1.165, 1.54) is 0 Å². The van der Waals surface area contributed by atoms with Crippen LogP contribution in [-0.2, 0) is 11.2 Å². The van der Waals surface area contributed by atoms with Gasteiger partial charge in [-0.1, -0.05) is 29.4 Å². The Balaban J connectivity index is 1.32. The van der Waals surface area contributed by atoms with Crippen LogP contribution in [0.15, 0.2) is 70.0 Å². The van der Waals surface area contributed by atoms with E-state index >= 15 is 0 Å². The number of hydrogen-bond acceptors (Lipinski definition) is 6. The molecule has 4 aromatic rings. The van der Waals surface area contributed by atoms with Crippen LogP contribution in [0.25, 0.3) is 23.5 Å². The van der Waals surface area contributed by atoms with Crippen LogP contribution < -0.4 is 5.32 Å². The number of hydrogen-bond donors (Lipinski definition) is 1. The van der Waals surface area contributed by atoms with E-state index in [-0.39, 0.29) is 12.3 Å². The van der Waals surface area contributed by atoms with Crippen molar-refractivity contribution in [3.8, 4) is 11.4 Å². The van der Waals surface area contributed by atoms with Gasteiger partial charge in [0.15, 0.2) is 0 Å². The van der Waals surface area contributed by atoms with Crippen LogP contribution in [0.1, 0.15) is 23.6 Å². The highest BCUT2D eigenvalue weighted by atomic mass is 32.1. The summed E-state index contributed by atoms with van der Waals surface area (Å²) in [5.41, 5.74) is 3.52. The third kappa shape index (κ3) is 5.24. The summed E-state index contributed by atoms with van der Waals surface area (Å²) >= 11 is 1.57. The van der Waals surface area contributed by atoms with Gasteiger partial charge in [0, 0.05) is 35.7 Å². The minimum Gasteiger partial charge on any atom is -0.339 e. The molecule has 0 saturated heterocycles. The Morgan fingerprint density at radius 3 is 2.93 bits per heavy atom. The lowest BCUT2D eigenvalue weighted by Gasteiger charge is -2.05. The van der Waals surface area contributed by atoms with Crippen LogP contribution in [-0.4, -0.2) is 21.0 Å². The highest BCUT2D eigenvalue weighted by Gasteiger charge is 2.11. The highest BCUT2D eigenvalue weighted by molar-refractivity contribution is 7.08. The number of amides is 1. The first-order valence-electron chi connectivity index (χ1n) is 9.10. The second-order valence-electron chi connectivity index (χ2n) is 6.29. The molecule has 29 heavy (non-hydrogen) atoms. The fraction of sp³-hybridized carbons (Fsp3) is 0.0909. The van der Waals surface area contributed by atoms with Crippen molar-refractivity contribution in [3.63, 3.8) is 0 Å². The highest BCUT2D eigenvalue weighted by Crippen LogP contribution is 2.19. The predicted molar refractivity (Wildman–Crippen MR) is 114 cm³/mol. The third-order valence-electron chi connectivity index (χ3n) is 4.12. The molecule has 0 unspecified atom stereocenters. The van der Waals surface area contributed by atoms with Gasteiger partial charge in [-0.3, -0.25) is 9.78 Å². The van der Waals surface area contributed by atoms with Crippen molar-refractivity contribution in [3.05, 3.63) is 82.6 Å². The molecule has 4 rings (SSSR count). The molecular formula is C22H18N4O2S. The van der Waals surface area contributed by atoms with E-state index in [2.05, 4.69) is 20.4 Å². The van der Waals surface area contributed by atoms with Crippen molar-refractivity contribution in [2.24, 2.45) is 0 Å². The van der Waals surface area contributed by atoms with E-state index in [4.69, 9.17) is 4.52 Å². The average molecular weight is 402 g/mol. The first-order valence-corrected chi connectivity index (χ1v) is 10.0. The summed E-state index contributed by atoms with van der Waals surface area (Å²) in [6, 6.07) is 15.3. The Kier molecular flexibility index (Phi) is 5.87. The number of aryl methyl sites for hydroxylation is 1. The van der Waals surface area contributed by atoms with Crippen molar-refractivity contribution in [1.82, 2.24) is 15.1 Å². The number of nitrogens with one attached hydrogen (secondary N) is 1. The minimum atomic E-state index is -0.105. The maximum absolute atomic E-state index is 12.3. The van der Waals surface area contributed by atoms with Gasteiger partial charge in [-0.2, -0.15) is 16.3 Å². The lowest BCUT2D eigenvalue weighted by molar-refractivity contribution is -0.116. The maximum Gasteiger partial charge on any atom is 0.227 e. The van der Waals surface area contributed by atoms with E-state index in [1.807, 2.05) is 71.4 Å². The Labute approximate surface area is 171 Å². The first kappa shape index (κ1) is 18.8. The summed E-state index contributed by atoms with van der Waals surface area (Å²) in [6.45, 7) is 0. The fourth-order valence-corrected chi connectivity index (χ4v) is 3.32. The molecule has 0 radical (unpaired) electrons. The SMILES string of the molecule is O=C(CCc1nc(-c2ccsc2)no1)Nc1cccc(/C=C/c2ccccn2)c1. The molecule has 1 aromatic carbocycles. The summed E-state index contributed by atoms with van der Waals surface area (Å²) in [7, 11) is 0. The number of anilines is 1. The lowest BCUT2D eigenvalue weighted by Crippen LogP contribution is -2.12. The summed E-state index contributed by atoms with van der Waals surface area (Å²) < 4.78 is 5.23. The molecule has 0 aliphatic heterocycles. The van der Waals surface area contributed by atoms with E-state index in [1.54, 1.807) is 17.5 Å². The van der Waals surface area contributed by atoms with E-state index in [9.17, 15) is 4.79 Å². The molecule has 3 heterocycles. The number of thiophene rings is 1. The number of benzene rings is 1. The Bertz CT molecular complexity index is 1100. The zero-order valence-corrected chi connectivity index (χ0v) is 16.3. The predicted octanol–water partition coefficient (Wildman–Crippen LogP) is 4.93. The van der Waals surface area contributed by atoms with Gasteiger partial charge in [-0.15, -0.1) is 0 Å². The molecule has 0 fully saturated rings. The van der Waals surface area contributed by atoms with Crippen LogP contribution in [0, 0.1) is 0 Å². The van der Waals surface area contributed by atoms with Crippen molar-refractivity contribution in [2.45, 2.75) is 12.8 Å². The summed E-state index contributed by atoms with van der Waals surface area (Å²) in [4.78, 5) is 20.9. The lowest BCUT2D eigenvalue weighted by atomic mass is 10.1. The molecule has 0 saturated carbocycles. The number of aromatic nitrogens is 3. The van der Waals surface area contributed by atoms with E-state index < -0.39 is 0 Å². The van der Waals surface area contributed by atoms with Gasteiger partial charge < -0.3 is 9.84 Å². The molecular weight excluding hydrogens is 384 g/mol. The van der Waals surface area contributed by atoms with Gasteiger partial charge in [0.05, 0.1) is 5.69 Å². The number of nitrogens with zero attached hydrogens (tertiary/aromatic N) is 3. The van der Waals surface area contributed by atoms with Gasteiger partial charge in [0.1, 0.15) is 0 Å². The second kappa shape index (κ2) is 9.07. The van der Waals surface area contributed by atoms with Crippen LogP contribution >= 0.6 is 11.3 Å². The van der Waals surface area contributed by atoms with E-state index in [0.717, 1.165) is 22.5 Å². The van der Waals surface area contributed by atoms with Crippen molar-refractivity contribution < 1.29 is 9.32 Å². The molecule has 0 aliphatic rings. The standard InChI is InChI=1S/C22H18N4O2S/c27-20(9-10-21-25-22(26-28-21)17-11-13-29-15-17)24-19-6-3-4-16(14-19)7-8-18-5-1-2-12-23-18/h1-8,11-15H,9-10H2,(H,24,27)/b8-7+. The summed E-state index contributed by atoms with van der Waals surface area (Å²) in [5.74, 6) is 0.897. The van der Waals surface area contributed by atoms with Gasteiger partial charge in [0.2, 0.25) is 17.6 Å². The molecule has 144 valence electrons. The molecule has 0 atom stereocenters. The van der Waals surface area contributed by atoms with Gasteiger partial charge in [0.25, 0.3) is 0 Å². The van der Waals surface area contributed by atoms with Crippen molar-refractivity contribution in [2.75, 3.05) is 5.32 Å². The van der Waals surface area contributed by atoms with Gasteiger partial charge in [-0.05, 0) is 47.4 Å². The quantitative estimate of drug-likeness (QED) is 0.474. The smallest absolute Gasteiger partial charge is 0.227 e. The molecule has 1 N–H and O–H groups in total. The maximum atomic E-state index is 12.3. The Morgan fingerprint density at radius 2 is 2.10 bits per heavy atom. The monoisotopic (exact) mass is 402 g/mol. The second-order valence-corrected chi connectivity index (χ2v) is 7.07. The largest absolute Gasteiger partial charge is 0.339 e. The molecule has 3 aromatic heterocycles. The van der Waals surface area contributed by atoms with Crippen molar-refractivity contribution in [1.29, 1.82) is 0 Å². The Hall–Kier alpha value is -3.58. The number of carbonyl (C=O) groups is 1. The molecule has 6 nitrogen and oxygen atoms in total. The summed E-state index contributed by atoms with van der Waals surface area (Å²) in [6.07, 6.45) is 6.30. The zero-order valence-electron chi connectivity index (χ0n) is 15.5. The zero-order chi connectivity index (χ0) is 19.9. The average Bonchev–Trinajstić information content (AvgIpc) is 3.44. The topological polar surface area (TPSA) is 80.9 Å². The Morgan fingerprint density at radius 1 is 1.14 bits per heavy atom. The molecule has 0 bridgehead atoms. The van der Waals surface area contributed by atoms with Crippen LogP contribution in [0.3, 0.4) is 0 Å². The minimum absolute atomic E-state index is 0.105. The molecule has 0 aliphatic carbocycles. The van der Waals surface area contributed by atoms with Crippen LogP contribution in [0.2, 0.25) is 0 Å². The molecule has 0 spiro atoms. The number of rotatable bonds is 7. The number of carbonyl (C=O) groups excluding carboxylic acids is 1.